The van der Waals surface area contributed by atoms with Crippen molar-refractivity contribution in [3.8, 4) is 5.69 Å². The molecule has 0 aliphatic heterocycles. The SMILES string of the molecule is CCNC(=O)Nc1nc2ccc(-n3cnc(C(=O)O)c3)cc2[nH]1. The molecule has 0 saturated heterocycles. The van der Waals surface area contributed by atoms with E-state index >= 15 is 0 Å². The Morgan fingerprint density at radius 1 is 1.39 bits per heavy atom. The molecule has 0 bridgehead atoms. The first-order chi connectivity index (χ1) is 11.1. The molecule has 0 unspecified atom stereocenters. The maximum Gasteiger partial charge on any atom is 0.356 e. The van der Waals surface area contributed by atoms with Crippen molar-refractivity contribution in [2.24, 2.45) is 0 Å². The standard InChI is InChI=1S/C14H14N6O3/c1-2-15-14(23)19-13-17-9-4-3-8(5-10(9)18-13)20-6-11(12(21)22)16-7-20/h3-7H,2H2,1H3,(H,21,22)(H3,15,17,18,19,23). The number of nitrogens with one attached hydrogen (secondary N) is 3. The molecular weight excluding hydrogens is 300 g/mol. The van der Waals surface area contributed by atoms with E-state index in [1.807, 2.05) is 6.92 Å². The van der Waals surface area contributed by atoms with Crippen LogP contribution < -0.4 is 10.6 Å². The van der Waals surface area contributed by atoms with Crippen LogP contribution in [0.1, 0.15) is 17.4 Å². The van der Waals surface area contributed by atoms with Gasteiger partial charge in [0.1, 0.15) is 6.33 Å². The van der Waals surface area contributed by atoms with E-state index in [-0.39, 0.29) is 11.7 Å². The Hall–Kier alpha value is -3.36. The first-order valence-corrected chi connectivity index (χ1v) is 6.89. The summed E-state index contributed by atoms with van der Waals surface area (Å²) in [5.74, 6) is -0.750. The number of aromatic nitrogens is 4. The molecule has 3 rings (SSSR count). The summed E-state index contributed by atoms with van der Waals surface area (Å²) in [5, 5.41) is 14.1. The van der Waals surface area contributed by atoms with E-state index in [1.165, 1.54) is 12.5 Å². The molecule has 0 radical (unpaired) electrons. The molecule has 23 heavy (non-hydrogen) atoms. The maximum absolute atomic E-state index is 11.5. The van der Waals surface area contributed by atoms with E-state index in [0.29, 0.717) is 23.5 Å². The van der Waals surface area contributed by atoms with Crippen molar-refractivity contribution in [2.45, 2.75) is 6.92 Å². The molecular formula is C14H14N6O3. The molecule has 0 atom stereocenters. The molecule has 0 fully saturated rings. The highest BCUT2D eigenvalue weighted by Gasteiger charge is 2.10. The molecule has 0 spiro atoms. The number of rotatable bonds is 4. The Balaban J connectivity index is 1.89. The van der Waals surface area contributed by atoms with Crippen LogP contribution in [0.5, 0.6) is 0 Å². The number of carboxylic acids is 1. The third-order valence-electron chi connectivity index (χ3n) is 3.13. The van der Waals surface area contributed by atoms with Gasteiger partial charge < -0.3 is 20.0 Å². The van der Waals surface area contributed by atoms with Crippen molar-refractivity contribution in [1.29, 1.82) is 0 Å². The van der Waals surface area contributed by atoms with Crippen molar-refractivity contribution in [3.05, 3.63) is 36.4 Å². The van der Waals surface area contributed by atoms with Gasteiger partial charge in [-0.3, -0.25) is 5.32 Å². The average Bonchev–Trinajstić information content (AvgIpc) is 3.12. The fourth-order valence-electron chi connectivity index (χ4n) is 2.10. The van der Waals surface area contributed by atoms with Crippen LogP contribution >= 0.6 is 0 Å². The van der Waals surface area contributed by atoms with Crippen LogP contribution in [0.4, 0.5) is 10.7 Å². The number of imidazole rings is 2. The molecule has 9 heteroatoms. The second-order valence-corrected chi connectivity index (χ2v) is 4.74. The van der Waals surface area contributed by atoms with Crippen LogP contribution in [-0.2, 0) is 0 Å². The van der Waals surface area contributed by atoms with Gasteiger partial charge in [0.05, 0.1) is 11.0 Å². The van der Waals surface area contributed by atoms with Gasteiger partial charge in [0.25, 0.3) is 0 Å². The number of hydrogen-bond donors (Lipinski definition) is 4. The normalized spacial score (nSPS) is 10.7. The second-order valence-electron chi connectivity index (χ2n) is 4.74. The van der Waals surface area contributed by atoms with Crippen molar-refractivity contribution < 1.29 is 14.7 Å². The minimum Gasteiger partial charge on any atom is -0.476 e. The van der Waals surface area contributed by atoms with Crippen LogP contribution in [0.2, 0.25) is 0 Å². The van der Waals surface area contributed by atoms with E-state index in [4.69, 9.17) is 5.11 Å². The van der Waals surface area contributed by atoms with Gasteiger partial charge in [-0.2, -0.15) is 0 Å². The molecule has 2 amide bonds. The van der Waals surface area contributed by atoms with E-state index in [0.717, 1.165) is 5.69 Å². The topological polar surface area (TPSA) is 125 Å². The number of benzene rings is 1. The number of carbonyl (C=O) groups is 2. The van der Waals surface area contributed by atoms with Crippen molar-refractivity contribution in [1.82, 2.24) is 24.8 Å². The lowest BCUT2D eigenvalue weighted by Gasteiger charge is -2.01. The van der Waals surface area contributed by atoms with E-state index in [1.54, 1.807) is 22.8 Å². The van der Waals surface area contributed by atoms with Crippen LogP contribution in [0, 0.1) is 0 Å². The van der Waals surface area contributed by atoms with E-state index in [9.17, 15) is 9.59 Å². The summed E-state index contributed by atoms with van der Waals surface area (Å²) in [7, 11) is 0. The average molecular weight is 314 g/mol. The Bertz CT molecular complexity index is 882. The number of H-pyrrole nitrogens is 1. The molecule has 0 saturated carbocycles. The van der Waals surface area contributed by atoms with Gasteiger partial charge in [0.15, 0.2) is 5.69 Å². The van der Waals surface area contributed by atoms with Gasteiger partial charge in [-0.1, -0.05) is 0 Å². The van der Waals surface area contributed by atoms with Crippen LogP contribution in [0.25, 0.3) is 16.7 Å². The van der Waals surface area contributed by atoms with Gasteiger partial charge in [0.2, 0.25) is 5.95 Å². The first kappa shape index (κ1) is 14.6. The van der Waals surface area contributed by atoms with Gasteiger partial charge >= 0.3 is 12.0 Å². The molecule has 2 heterocycles. The summed E-state index contributed by atoms with van der Waals surface area (Å²) in [6.07, 6.45) is 2.85. The molecule has 2 aromatic heterocycles. The lowest BCUT2D eigenvalue weighted by Crippen LogP contribution is -2.28. The quantitative estimate of drug-likeness (QED) is 0.582. The molecule has 9 nitrogen and oxygen atoms in total. The van der Waals surface area contributed by atoms with Gasteiger partial charge in [-0.25, -0.2) is 19.6 Å². The highest BCUT2D eigenvalue weighted by Crippen LogP contribution is 2.19. The molecule has 1 aromatic carbocycles. The van der Waals surface area contributed by atoms with E-state index in [2.05, 4.69) is 25.6 Å². The third kappa shape index (κ3) is 2.98. The lowest BCUT2D eigenvalue weighted by atomic mass is 10.3. The number of aromatic amines is 1. The number of fused-ring (bicyclic) bond motifs is 1. The Morgan fingerprint density at radius 3 is 2.91 bits per heavy atom. The lowest BCUT2D eigenvalue weighted by molar-refractivity contribution is 0.0691. The zero-order chi connectivity index (χ0) is 16.4. The number of aromatic carboxylic acids is 1. The third-order valence-corrected chi connectivity index (χ3v) is 3.13. The van der Waals surface area contributed by atoms with Crippen molar-refractivity contribution in [3.63, 3.8) is 0 Å². The van der Waals surface area contributed by atoms with Gasteiger partial charge in [-0.15, -0.1) is 0 Å². The first-order valence-electron chi connectivity index (χ1n) is 6.89. The number of urea groups is 1. The summed E-state index contributed by atoms with van der Waals surface area (Å²) in [4.78, 5) is 33.4. The molecule has 3 aromatic rings. The Labute approximate surface area is 130 Å². The number of nitrogens with zero attached hydrogens (tertiary/aromatic N) is 3. The highest BCUT2D eigenvalue weighted by molar-refractivity contribution is 5.90. The number of carboxylic acid groups (broad SMARTS) is 1. The van der Waals surface area contributed by atoms with Gasteiger partial charge in [0, 0.05) is 18.4 Å². The number of amides is 2. The molecule has 4 N–H and O–H groups in total. The van der Waals surface area contributed by atoms with Crippen LogP contribution in [0.3, 0.4) is 0 Å². The van der Waals surface area contributed by atoms with E-state index < -0.39 is 5.97 Å². The predicted molar refractivity (Wildman–Crippen MR) is 82.9 cm³/mol. The predicted octanol–water partition coefficient (Wildman–Crippen LogP) is 1.59. The molecule has 0 aliphatic rings. The molecule has 118 valence electrons. The molecule has 0 aliphatic carbocycles. The minimum absolute atomic E-state index is 0.0340. The zero-order valence-corrected chi connectivity index (χ0v) is 12.2. The van der Waals surface area contributed by atoms with Crippen molar-refractivity contribution >= 4 is 29.0 Å². The highest BCUT2D eigenvalue weighted by atomic mass is 16.4. The maximum atomic E-state index is 11.5. The zero-order valence-electron chi connectivity index (χ0n) is 12.2. The van der Waals surface area contributed by atoms with Crippen molar-refractivity contribution in [2.75, 3.05) is 11.9 Å². The fourth-order valence-corrected chi connectivity index (χ4v) is 2.10. The summed E-state index contributed by atoms with van der Waals surface area (Å²) in [5.41, 5.74) is 2.08. The second kappa shape index (κ2) is 5.79. The summed E-state index contributed by atoms with van der Waals surface area (Å²) < 4.78 is 1.60. The fraction of sp³-hybridized carbons (Fsp3) is 0.143. The summed E-state index contributed by atoms with van der Waals surface area (Å²) in [6.45, 7) is 2.34. The minimum atomic E-state index is -1.08. The number of anilines is 1. The Morgan fingerprint density at radius 2 is 2.22 bits per heavy atom. The van der Waals surface area contributed by atoms with Crippen LogP contribution in [-0.4, -0.2) is 43.2 Å². The monoisotopic (exact) mass is 314 g/mol. The Kier molecular flexibility index (Phi) is 3.67. The largest absolute Gasteiger partial charge is 0.476 e. The van der Waals surface area contributed by atoms with Crippen LogP contribution in [0.15, 0.2) is 30.7 Å². The number of hydrogen-bond acceptors (Lipinski definition) is 4. The smallest absolute Gasteiger partial charge is 0.356 e. The summed E-state index contributed by atoms with van der Waals surface area (Å²) in [6, 6.07) is 5.00. The summed E-state index contributed by atoms with van der Waals surface area (Å²) >= 11 is 0. The van der Waals surface area contributed by atoms with Gasteiger partial charge in [-0.05, 0) is 25.1 Å². The number of carbonyl (C=O) groups excluding carboxylic acids is 1.